The van der Waals surface area contributed by atoms with Gasteiger partial charge >= 0.3 is 5.97 Å². The maximum Gasteiger partial charge on any atom is 0.355 e. The minimum absolute atomic E-state index is 0.0909. The van der Waals surface area contributed by atoms with E-state index < -0.39 is 21.9 Å². The lowest BCUT2D eigenvalue weighted by Gasteiger charge is -2.15. The van der Waals surface area contributed by atoms with Crippen LogP contribution in [0.25, 0.3) is 27.5 Å². The average Bonchev–Trinajstić information content (AvgIpc) is 3.52. The van der Waals surface area contributed by atoms with Crippen molar-refractivity contribution in [3.8, 4) is 27.5 Å². The van der Waals surface area contributed by atoms with Crippen molar-refractivity contribution in [2.45, 2.75) is 37.5 Å². The first-order chi connectivity index (χ1) is 20.5. The van der Waals surface area contributed by atoms with Crippen molar-refractivity contribution in [1.82, 2.24) is 14.8 Å². The fourth-order valence-electron chi connectivity index (χ4n) is 5.10. The molecule has 1 aliphatic carbocycles. The zero-order valence-corrected chi connectivity index (χ0v) is 25.3. The summed E-state index contributed by atoms with van der Waals surface area (Å²) >= 11 is 1.16. The average molecular weight is 621 g/mol. The lowest BCUT2D eigenvalue weighted by atomic mass is 9.94. The number of halogens is 2. The van der Waals surface area contributed by atoms with E-state index in [4.69, 9.17) is 10.2 Å². The molecule has 3 aromatic carbocycles. The Hall–Kier alpha value is -4.06. The summed E-state index contributed by atoms with van der Waals surface area (Å²) < 4.78 is 44.7. The third-order valence-electron chi connectivity index (χ3n) is 7.68. The van der Waals surface area contributed by atoms with Crippen molar-refractivity contribution < 1.29 is 22.9 Å². The Bertz CT molecular complexity index is 1910. The van der Waals surface area contributed by atoms with Gasteiger partial charge in [0.05, 0.1) is 11.4 Å². The highest BCUT2D eigenvalue weighted by molar-refractivity contribution is 8.00. The lowest BCUT2D eigenvalue weighted by Crippen LogP contribution is -2.21. The summed E-state index contributed by atoms with van der Waals surface area (Å²) in [4.78, 5) is 16.2. The molecule has 0 bridgehead atoms. The number of nitrogens with two attached hydrogens (primary N) is 1. The third-order valence-corrected chi connectivity index (χ3v) is 9.80. The molecule has 3 N–H and O–H groups in total. The molecular weight excluding hydrogens is 591 g/mol. The van der Waals surface area contributed by atoms with Gasteiger partial charge in [0.15, 0.2) is 5.69 Å². The summed E-state index contributed by atoms with van der Waals surface area (Å²) in [6.45, 7) is 1.96. The number of nitrogens with zero attached hydrogens (tertiary/aromatic N) is 3. The molecule has 0 atom stereocenters. The largest absolute Gasteiger partial charge is 0.476 e. The molecule has 43 heavy (non-hydrogen) atoms. The van der Waals surface area contributed by atoms with E-state index >= 15 is 8.78 Å². The first-order valence-corrected chi connectivity index (χ1v) is 16.9. The van der Waals surface area contributed by atoms with Gasteiger partial charge < -0.3 is 5.11 Å². The molecule has 222 valence electrons. The highest BCUT2D eigenvalue weighted by atomic mass is 32.3. The van der Waals surface area contributed by atoms with E-state index in [0.29, 0.717) is 45.4 Å². The zero-order valence-electron chi connectivity index (χ0n) is 23.6. The van der Waals surface area contributed by atoms with Gasteiger partial charge in [0.25, 0.3) is 0 Å². The number of carbonyl (C=O) groups is 1. The first kappa shape index (κ1) is 29.0. The smallest absolute Gasteiger partial charge is 0.355 e. The molecule has 0 saturated heterocycles. The number of hydrogen-bond donors (Lipinski definition) is 3. The van der Waals surface area contributed by atoms with E-state index in [9.17, 15) is 14.1 Å². The Balaban J connectivity index is 1.54. The maximum absolute atomic E-state index is 15.5. The molecule has 11 heteroatoms. The van der Waals surface area contributed by atoms with Crippen LogP contribution in [-0.2, 0) is 23.0 Å². The van der Waals surface area contributed by atoms with Gasteiger partial charge in [-0.2, -0.15) is 5.10 Å². The van der Waals surface area contributed by atoms with Gasteiger partial charge in [0.1, 0.15) is 11.6 Å². The van der Waals surface area contributed by atoms with Gasteiger partial charge in [0.2, 0.25) is 5.13 Å². The van der Waals surface area contributed by atoms with Crippen LogP contribution in [0.1, 0.15) is 45.7 Å². The first-order valence-electron chi connectivity index (χ1n) is 13.8. The molecule has 0 unspecified atom stereocenters. The molecule has 1 saturated carbocycles. The minimum Gasteiger partial charge on any atom is -0.476 e. The van der Waals surface area contributed by atoms with E-state index in [1.165, 1.54) is 23.8 Å². The molecule has 5 aromatic rings. The lowest BCUT2D eigenvalue weighted by molar-refractivity contribution is 0.0691. The fourth-order valence-corrected chi connectivity index (χ4v) is 6.61. The standard InChI is InChI=1S/C32H30F2N4O3S2/c1-18-3-7-20(8-4-18)24-15-22(10-12-26(24)33)30-25(14-21-9-11-23(16-27(21)34)43(2,35)41)29(13-19-5-6-19)38(37-30)32-36-28(17-42-32)31(39)40/h3-4,7-12,15-17,19,43H,5-6,13-14H2,1-2H3,(H2,35,41)(H,39,40). The topological polar surface area (TPSA) is 111 Å². The summed E-state index contributed by atoms with van der Waals surface area (Å²) in [7, 11) is -3.16. The number of hydrogen-bond acceptors (Lipinski definition) is 5. The Morgan fingerprint density at radius 2 is 1.79 bits per heavy atom. The van der Waals surface area contributed by atoms with Gasteiger partial charge in [-0.05, 0) is 83.7 Å². The number of aryl methyl sites for hydroxylation is 1. The predicted octanol–water partition coefficient (Wildman–Crippen LogP) is 6.37. The van der Waals surface area contributed by atoms with E-state index in [0.717, 1.165) is 41.0 Å². The number of carboxylic acid groups (broad SMARTS) is 1. The summed E-state index contributed by atoms with van der Waals surface area (Å²) in [6.07, 6.45) is 4.26. The number of rotatable bonds is 9. The van der Waals surface area contributed by atoms with E-state index in [1.54, 1.807) is 28.9 Å². The van der Waals surface area contributed by atoms with Crippen LogP contribution in [0.4, 0.5) is 8.78 Å². The van der Waals surface area contributed by atoms with Crippen LogP contribution < -0.4 is 5.14 Å². The van der Waals surface area contributed by atoms with Crippen LogP contribution in [0.15, 0.2) is 70.9 Å². The minimum atomic E-state index is -3.16. The number of carboxylic acids is 1. The van der Waals surface area contributed by atoms with Gasteiger partial charge in [-0.3, -0.25) is 9.35 Å². The van der Waals surface area contributed by atoms with Crippen LogP contribution in [-0.4, -0.2) is 36.3 Å². The van der Waals surface area contributed by atoms with Crippen molar-refractivity contribution in [1.29, 1.82) is 0 Å². The molecule has 1 aliphatic rings. The van der Waals surface area contributed by atoms with Crippen LogP contribution in [0.2, 0.25) is 0 Å². The maximum atomic E-state index is 15.5. The zero-order chi connectivity index (χ0) is 30.5. The van der Waals surface area contributed by atoms with Crippen LogP contribution in [0.3, 0.4) is 0 Å². The van der Waals surface area contributed by atoms with Crippen LogP contribution in [0, 0.1) is 24.5 Å². The van der Waals surface area contributed by atoms with Gasteiger partial charge in [-0.25, -0.2) is 23.2 Å². The van der Waals surface area contributed by atoms with Crippen molar-refractivity contribution in [2.75, 3.05) is 6.26 Å². The monoisotopic (exact) mass is 620 g/mol. The molecule has 2 aromatic heterocycles. The van der Waals surface area contributed by atoms with Gasteiger partial charge in [0, 0.05) is 39.6 Å². The van der Waals surface area contributed by atoms with Crippen molar-refractivity contribution >= 4 is 27.4 Å². The normalized spacial score (nSPS) is 13.8. The van der Waals surface area contributed by atoms with Gasteiger partial charge in [-0.1, -0.05) is 35.9 Å². The molecule has 0 aliphatic heterocycles. The summed E-state index contributed by atoms with van der Waals surface area (Å²) in [5.74, 6) is -1.66. The Morgan fingerprint density at radius 1 is 1.07 bits per heavy atom. The van der Waals surface area contributed by atoms with Crippen LogP contribution >= 0.6 is 11.3 Å². The fraction of sp³-hybridized carbons (Fsp3) is 0.219. The number of benzene rings is 3. The number of aromatic carboxylic acids is 1. The highest BCUT2D eigenvalue weighted by Crippen LogP contribution is 2.39. The second-order valence-corrected chi connectivity index (χ2v) is 14.5. The highest BCUT2D eigenvalue weighted by Gasteiger charge is 2.30. The van der Waals surface area contributed by atoms with Crippen molar-refractivity contribution in [3.63, 3.8) is 0 Å². The van der Waals surface area contributed by atoms with Gasteiger partial charge in [-0.15, -0.1) is 11.3 Å². The Labute approximate surface area is 252 Å². The molecule has 7 nitrogen and oxygen atoms in total. The van der Waals surface area contributed by atoms with E-state index in [2.05, 4.69) is 4.98 Å². The third kappa shape index (κ3) is 6.06. The second kappa shape index (κ2) is 11.2. The number of thiazole rings is 1. The molecule has 1 fully saturated rings. The van der Waals surface area contributed by atoms with E-state index in [-0.39, 0.29) is 22.8 Å². The van der Waals surface area contributed by atoms with Crippen molar-refractivity contribution in [2.24, 2.45) is 11.1 Å². The quantitative estimate of drug-likeness (QED) is 0.166. The molecule has 0 radical (unpaired) electrons. The SMILES string of the molecule is Cc1ccc(-c2cc(-c3nn(-c4nc(C(=O)O)cs4)c(CC4CC4)c3Cc3ccc([SH](C)(N)=O)cc3F)ccc2F)cc1. The molecule has 0 amide bonds. The predicted molar refractivity (Wildman–Crippen MR) is 165 cm³/mol. The van der Waals surface area contributed by atoms with Crippen molar-refractivity contribution in [3.05, 3.63) is 106 Å². The summed E-state index contributed by atoms with van der Waals surface area (Å²) in [6, 6.07) is 16.7. The Kier molecular flexibility index (Phi) is 7.57. The van der Waals surface area contributed by atoms with Crippen LogP contribution in [0.5, 0.6) is 0 Å². The molecular formula is C32H30F2N4O3S2. The number of thiol groups is 1. The second-order valence-electron chi connectivity index (χ2n) is 11.2. The summed E-state index contributed by atoms with van der Waals surface area (Å²) in [5.41, 5.74) is 5.14. The molecule has 6 rings (SSSR count). The Morgan fingerprint density at radius 3 is 2.42 bits per heavy atom. The molecule has 2 heterocycles. The molecule has 0 spiro atoms. The van der Waals surface area contributed by atoms with E-state index in [1.807, 2.05) is 31.2 Å². The number of aromatic nitrogens is 3. The summed E-state index contributed by atoms with van der Waals surface area (Å²) in [5, 5.41) is 22.1.